The average molecular weight is 307 g/mol. The van der Waals surface area contributed by atoms with Gasteiger partial charge in [0.25, 0.3) is 0 Å². The molecule has 0 unspecified atom stereocenters. The molecule has 21 heavy (non-hydrogen) atoms. The Labute approximate surface area is 114 Å². The van der Waals surface area contributed by atoms with Crippen molar-refractivity contribution in [2.24, 2.45) is 0 Å². The SMILES string of the molecule is FC(F)(F)c1cc([C@H]2CO2)c2cccc(C(F)(F)F)c2n1. The van der Waals surface area contributed by atoms with Crippen LogP contribution in [0.1, 0.15) is 22.9 Å². The maximum Gasteiger partial charge on any atom is 0.433 e. The molecule has 1 aromatic carbocycles. The molecule has 0 radical (unpaired) electrons. The van der Waals surface area contributed by atoms with Gasteiger partial charge in [-0.2, -0.15) is 26.3 Å². The average Bonchev–Trinajstić information content (AvgIpc) is 3.18. The van der Waals surface area contributed by atoms with Crippen LogP contribution < -0.4 is 0 Å². The minimum atomic E-state index is -4.82. The van der Waals surface area contributed by atoms with Crippen LogP contribution in [0.25, 0.3) is 10.9 Å². The first-order valence-electron chi connectivity index (χ1n) is 5.87. The summed E-state index contributed by atoms with van der Waals surface area (Å²) in [6, 6.07) is 3.92. The summed E-state index contributed by atoms with van der Waals surface area (Å²) in [5.74, 6) is 0. The molecule has 3 rings (SSSR count). The zero-order chi connectivity index (χ0) is 15.4. The summed E-state index contributed by atoms with van der Waals surface area (Å²) in [5, 5.41) is 0.0281. The summed E-state index contributed by atoms with van der Waals surface area (Å²) in [5.41, 5.74) is -3.16. The molecule has 1 aliphatic heterocycles. The molecule has 1 saturated heterocycles. The number of epoxide rings is 1. The Balaban J connectivity index is 2.35. The van der Waals surface area contributed by atoms with Crippen LogP contribution in [0.2, 0.25) is 0 Å². The molecule has 0 N–H and O–H groups in total. The second kappa shape index (κ2) is 4.33. The lowest BCUT2D eigenvalue weighted by atomic mass is 10.0. The van der Waals surface area contributed by atoms with Gasteiger partial charge in [-0.3, -0.25) is 0 Å². The van der Waals surface area contributed by atoms with Crippen LogP contribution in [0.5, 0.6) is 0 Å². The van der Waals surface area contributed by atoms with E-state index in [4.69, 9.17) is 4.74 Å². The number of halogens is 6. The highest BCUT2D eigenvalue weighted by Crippen LogP contribution is 2.41. The molecular weight excluding hydrogens is 300 g/mol. The Kier molecular flexibility index (Phi) is 2.91. The molecule has 2 nitrogen and oxygen atoms in total. The molecule has 0 aliphatic carbocycles. The molecule has 2 aromatic rings. The number of ether oxygens (including phenoxy) is 1. The van der Waals surface area contributed by atoms with Gasteiger partial charge in [0.05, 0.1) is 17.7 Å². The van der Waals surface area contributed by atoms with Crippen molar-refractivity contribution in [3.8, 4) is 0 Å². The molecule has 1 aromatic heterocycles. The van der Waals surface area contributed by atoms with E-state index in [1.807, 2.05) is 0 Å². The topological polar surface area (TPSA) is 25.4 Å². The quantitative estimate of drug-likeness (QED) is 0.578. The van der Waals surface area contributed by atoms with Crippen LogP contribution >= 0.6 is 0 Å². The molecule has 0 amide bonds. The van der Waals surface area contributed by atoms with Gasteiger partial charge >= 0.3 is 12.4 Å². The molecular formula is C13H7F6NO. The first-order valence-corrected chi connectivity index (χ1v) is 5.87. The van der Waals surface area contributed by atoms with E-state index in [2.05, 4.69) is 4.98 Å². The third-order valence-corrected chi connectivity index (χ3v) is 3.15. The Bertz CT molecular complexity index is 702. The maximum absolute atomic E-state index is 12.9. The lowest BCUT2D eigenvalue weighted by Crippen LogP contribution is -2.12. The van der Waals surface area contributed by atoms with Crippen molar-refractivity contribution in [3.63, 3.8) is 0 Å². The van der Waals surface area contributed by atoms with E-state index in [0.717, 1.165) is 12.1 Å². The number of aromatic nitrogens is 1. The number of rotatable bonds is 1. The largest absolute Gasteiger partial charge is 0.433 e. The summed E-state index contributed by atoms with van der Waals surface area (Å²) in [4.78, 5) is 3.18. The van der Waals surface area contributed by atoms with Gasteiger partial charge in [0.15, 0.2) is 0 Å². The van der Waals surface area contributed by atoms with Crippen molar-refractivity contribution < 1.29 is 31.1 Å². The second-order valence-electron chi connectivity index (χ2n) is 4.62. The van der Waals surface area contributed by atoms with Crippen LogP contribution in [0.4, 0.5) is 26.3 Å². The van der Waals surface area contributed by atoms with E-state index >= 15 is 0 Å². The van der Waals surface area contributed by atoms with Gasteiger partial charge < -0.3 is 4.74 Å². The predicted molar refractivity (Wildman–Crippen MR) is 60.4 cm³/mol. The minimum Gasteiger partial charge on any atom is -0.368 e. The fraction of sp³-hybridized carbons (Fsp3) is 0.308. The molecule has 0 bridgehead atoms. The van der Waals surface area contributed by atoms with Crippen LogP contribution in [-0.2, 0) is 17.1 Å². The van der Waals surface area contributed by atoms with E-state index in [0.29, 0.717) is 6.07 Å². The Hall–Kier alpha value is -1.83. The summed E-state index contributed by atoms with van der Waals surface area (Å²) in [6.07, 6.45) is -10.2. The Morgan fingerprint density at radius 1 is 1.05 bits per heavy atom. The van der Waals surface area contributed by atoms with Crippen molar-refractivity contribution >= 4 is 10.9 Å². The predicted octanol–water partition coefficient (Wildman–Crippen LogP) is 4.34. The van der Waals surface area contributed by atoms with Gasteiger partial charge in [-0.15, -0.1) is 0 Å². The van der Waals surface area contributed by atoms with Gasteiger partial charge in [0.1, 0.15) is 11.8 Å². The monoisotopic (exact) mass is 307 g/mol. The summed E-state index contributed by atoms with van der Waals surface area (Å²) < 4.78 is 82.2. The molecule has 1 atom stereocenters. The molecule has 112 valence electrons. The Morgan fingerprint density at radius 2 is 1.71 bits per heavy atom. The fourth-order valence-corrected chi connectivity index (χ4v) is 2.14. The zero-order valence-electron chi connectivity index (χ0n) is 10.2. The number of benzene rings is 1. The van der Waals surface area contributed by atoms with E-state index in [-0.39, 0.29) is 17.6 Å². The van der Waals surface area contributed by atoms with Crippen LogP contribution in [0.3, 0.4) is 0 Å². The van der Waals surface area contributed by atoms with Crippen molar-refractivity contribution in [3.05, 3.63) is 41.1 Å². The smallest absolute Gasteiger partial charge is 0.368 e. The highest BCUT2D eigenvalue weighted by Gasteiger charge is 2.39. The Morgan fingerprint density at radius 3 is 2.24 bits per heavy atom. The number of hydrogen-bond acceptors (Lipinski definition) is 2. The zero-order valence-corrected chi connectivity index (χ0v) is 10.2. The number of nitrogens with zero attached hydrogens (tertiary/aromatic N) is 1. The summed E-state index contributed by atoms with van der Waals surface area (Å²) >= 11 is 0. The fourth-order valence-electron chi connectivity index (χ4n) is 2.14. The second-order valence-corrected chi connectivity index (χ2v) is 4.62. The van der Waals surface area contributed by atoms with Crippen molar-refractivity contribution in [2.75, 3.05) is 6.61 Å². The number of hydrogen-bond donors (Lipinski definition) is 0. The first kappa shape index (κ1) is 14.1. The van der Waals surface area contributed by atoms with E-state index in [1.54, 1.807) is 0 Å². The van der Waals surface area contributed by atoms with Gasteiger partial charge in [0.2, 0.25) is 0 Å². The number of pyridine rings is 1. The van der Waals surface area contributed by atoms with E-state index in [9.17, 15) is 26.3 Å². The molecule has 1 fully saturated rings. The lowest BCUT2D eigenvalue weighted by molar-refractivity contribution is -0.142. The van der Waals surface area contributed by atoms with E-state index in [1.165, 1.54) is 6.07 Å². The molecule has 2 heterocycles. The summed E-state index contributed by atoms with van der Waals surface area (Å²) in [6.45, 7) is 0.187. The number of alkyl halides is 6. The normalized spacial score (nSPS) is 19.0. The van der Waals surface area contributed by atoms with Crippen LogP contribution in [0.15, 0.2) is 24.3 Å². The van der Waals surface area contributed by atoms with Crippen LogP contribution in [-0.4, -0.2) is 11.6 Å². The van der Waals surface area contributed by atoms with Crippen molar-refractivity contribution in [2.45, 2.75) is 18.5 Å². The third kappa shape index (κ3) is 2.55. The standard InChI is InChI=1S/C13H7F6NO/c14-12(15,16)8-3-1-2-6-7(9-5-21-9)4-10(13(17,18)19)20-11(6)8/h1-4,9H,5H2/t9-/m1/s1. The van der Waals surface area contributed by atoms with Gasteiger partial charge in [-0.05, 0) is 17.7 Å². The highest BCUT2D eigenvalue weighted by molar-refractivity contribution is 5.86. The molecule has 0 spiro atoms. The van der Waals surface area contributed by atoms with Gasteiger partial charge in [0, 0.05) is 5.39 Å². The number of fused-ring (bicyclic) bond motifs is 1. The molecule has 8 heteroatoms. The third-order valence-electron chi connectivity index (χ3n) is 3.15. The van der Waals surface area contributed by atoms with Crippen molar-refractivity contribution in [1.82, 2.24) is 4.98 Å². The highest BCUT2D eigenvalue weighted by atomic mass is 19.4. The van der Waals surface area contributed by atoms with Gasteiger partial charge in [-0.25, -0.2) is 4.98 Å². The molecule has 1 aliphatic rings. The minimum absolute atomic E-state index is 0.0281. The number of para-hydroxylation sites is 1. The lowest BCUT2D eigenvalue weighted by Gasteiger charge is -2.14. The van der Waals surface area contributed by atoms with Crippen LogP contribution in [0, 0.1) is 0 Å². The van der Waals surface area contributed by atoms with Crippen molar-refractivity contribution in [1.29, 1.82) is 0 Å². The maximum atomic E-state index is 12.9. The summed E-state index contributed by atoms with van der Waals surface area (Å²) in [7, 11) is 0. The molecule has 0 saturated carbocycles. The van der Waals surface area contributed by atoms with Gasteiger partial charge in [-0.1, -0.05) is 12.1 Å². The van der Waals surface area contributed by atoms with E-state index < -0.39 is 35.2 Å². The first-order chi connectivity index (χ1) is 9.68.